The zero-order chi connectivity index (χ0) is 41.0. The van der Waals surface area contributed by atoms with Gasteiger partial charge in [0.15, 0.2) is 0 Å². The van der Waals surface area contributed by atoms with E-state index in [1.165, 1.54) is 161 Å². The molecule has 0 aliphatic heterocycles. The lowest BCUT2D eigenvalue weighted by Crippen LogP contribution is -2.46. The molecule has 6 heteroatoms. The van der Waals surface area contributed by atoms with Crippen molar-refractivity contribution in [3.63, 3.8) is 0 Å². The fourth-order valence-corrected chi connectivity index (χ4v) is 7.77. The van der Waals surface area contributed by atoms with Crippen LogP contribution in [-0.4, -0.2) is 46.9 Å². The molecular formula is C50H97NO5. The van der Waals surface area contributed by atoms with Crippen LogP contribution in [0.3, 0.4) is 0 Å². The topological polar surface area (TPSA) is 95.9 Å². The molecule has 3 N–H and O–H groups in total. The van der Waals surface area contributed by atoms with Crippen molar-refractivity contribution in [3.8, 4) is 0 Å². The summed E-state index contributed by atoms with van der Waals surface area (Å²) in [5, 5.41) is 23.7. The summed E-state index contributed by atoms with van der Waals surface area (Å²) in [4.78, 5) is 26.0. The van der Waals surface area contributed by atoms with Crippen LogP contribution in [0.2, 0.25) is 0 Å². The lowest BCUT2D eigenvalue weighted by Gasteiger charge is -2.24. The zero-order valence-corrected chi connectivity index (χ0v) is 37.8. The number of hydrogen-bond donors (Lipinski definition) is 3. The van der Waals surface area contributed by atoms with E-state index in [0.717, 1.165) is 64.2 Å². The van der Waals surface area contributed by atoms with Crippen molar-refractivity contribution in [2.75, 3.05) is 6.61 Å². The van der Waals surface area contributed by atoms with Gasteiger partial charge in [-0.1, -0.05) is 226 Å². The van der Waals surface area contributed by atoms with Crippen LogP contribution in [0.15, 0.2) is 12.2 Å². The Labute approximate surface area is 349 Å². The van der Waals surface area contributed by atoms with E-state index >= 15 is 0 Å². The van der Waals surface area contributed by atoms with E-state index in [4.69, 9.17) is 4.74 Å². The first-order valence-corrected chi connectivity index (χ1v) is 24.9. The minimum absolute atomic E-state index is 0.0729. The number of hydrogen-bond acceptors (Lipinski definition) is 5. The molecule has 332 valence electrons. The smallest absolute Gasteiger partial charge is 0.306 e. The van der Waals surface area contributed by atoms with E-state index in [0.29, 0.717) is 19.3 Å². The Balaban J connectivity index is 4.45. The standard InChI is InChI=1S/C50H97NO5/c1-4-7-10-13-16-19-21-23-24-26-28-31-34-37-40-43-50(55)56-46(41-38-35-32-29-18-15-12-9-6-3)44-49(54)51-47(45-52)48(53)42-39-36-33-30-27-25-22-20-17-14-11-8-5-2/h15,18,46-48,52-53H,4-14,16-17,19-45H2,1-3H3,(H,51,54)/b18-15-. The Morgan fingerprint density at radius 2 is 0.875 bits per heavy atom. The zero-order valence-electron chi connectivity index (χ0n) is 37.8. The SMILES string of the molecule is CCCC/C=C\CCCCCC(CC(=O)NC(CO)C(O)CCCCCCCCCCCCCCC)OC(=O)CCCCCCCCCCCCCCCCC. The van der Waals surface area contributed by atoms with Gasteiger partial charge in [0.1, 0.15) is 6.10 Å². The summed E-state index contributed by atoms with van der Waals surface area (Å²) in [6, 6.07) is -0.698. The molecule has 0 aromatic heterocycles. The molecule has 0 spiro atoms. The summed E-state index contributed by atoms with van der Waals surface area (Å²) >= 11 is 0. The summed E-state index contributed by atoms with van der Waals surface area (Å²) in [6.45, 7) is 6.45. The van der Waals surface area contributed by atoms with Crippen LogP contribution in [0.1, 0.15) is 271 Å². The average molecular weight is 792 g/mol. The molecule has 1 amide bonds. The molecule has 0 saturated carbocycles. The second-order valence-electron chi connectivity index (χ2n) is 17.2. The van der Waals surface area contributed by atoms with Gasteiger partial charge in [0.05, 0.1) is 25.2 Å². The third-order valence-corrected chi connectivity index (χ3v) is 11.6. The van der Waals surface area contributed by atoms with Gasteiger partial charge >= 0.3 is 5.97 Å². The van der Waals surface area contributed by atoms with Crippen molar-refractivity contribution in [3.05, 3.63) is 12.2 Å². The Morgan fingerprint density at radius 1 is 0.500 bits per heavy atom. The predicted octanol–water partition coefficient (Wildman–Crippen LogP) is 14.6. The number of carbonyl (C=O) groups is 2. The van der Waals surface area contributed by atoms with Crippen LogP contribution in [0.4, 0.5) is 0 Å². The van der Waals surface area contributed by atoms with Crippen molar-refractivity contribution in [2.45, 2.75) is 289 Å². The quantitative estimate of drug-likeness (QED) is 0.0324. The van der Waals surface area contributed by atoms with Gasteiger partial charge in [-0.05, 0) is 44.9 Å². The molecule has 0 aliphatic carbocycles. The molecule has 0 aliphatic rings. The number of amides is 1. The number of unbranched alkanes of at least 4 members (excludes halogenated alkanes) is 31. The van der Waals surface area contributed by atoms with Crippen LogP contribution < -0.4 is 5.32 Å². The van der Waals surface area contributed by atoms with E-state index in [1.54, 1.807) is 0 Å². The number of nitrogens with one attached hydrogen (secondary N) is 1. The number of rotatable bonds is 45. The molecule has 0 aromatic carbocycles. The number of ether oxygens (including phenoxy) is 1. The average Bonchev–Trinajstić information content (AvgIpc) is 3.19. The van der Waals surface area contributed by atoms with E-state index in [2.05, 4.69) is 38.2 Å². The number of esters is 1. The van der Waals surface area contributed by atoms with E-state index in [1.807, 2.05) is 0 Å². The molecule has 0 radical (unpaired) electrons. The monoisotopic (exact) mass is 792 g/mol. The largest absolute Gasteiger partial charge is 0.462 e. The minimum Gasteiger partial charge on any atom is -0.462 e. The molecular weight excluding hydrogens is 695 g/mol. The number of allylic oxidation sites excluding steroid dienone is 2. The molecule has 0 heterocycles. The highest BCUT2D eigenvalue weighted by molar-refractivity contribution is 5.77. The van der Waals surface area contributed by atoms with Crippen LogP contribution in [0, 0.1) is 0 Å². The number of aliphatic hydroxyl groups is 2. The normalized spacial score (nSPS) is 13.3. The molecule has 3 unspecified atom stereocenters. The molecule has 0 bridgehead atoms. The van der Waals surface area contributed by atoms with E-state index in [9.17, 15) is 19.8 Å². The van der Waals surface area contributed by atoms with Gasteiger partial charge in [0.2, 0.25) is 5.91 Å². The van der Waals surface area contributed by atoms with Crippen LogP contribution in [0.5, 0.6) is 0 Å². The van der Waals surface area contributed by atoms with Crippen molar-refractivity contribution in [2.24, 2.45) is 0 Å². The lowest BCUT2D eigenvalue weighted by atomic mass is 10.0. The maximum atomic E-state index is 13.1. The predicted molar refractivity (Wildman–Crippen MR) is 241 cm³/mol. The Morgan fingerprint density at radius 3 is 1.32 bits per heavy atom. The second kappa shape index (κ2) is 44.7. The van der Waals surface area contributed by atoms with Crippen LogP contribution in [0.25, 0.3) is 0 Å². The summed E-state index contributed by atoms with van der Waals surface area (Å²) in [5.41, 5.74) is 0. The third-order valence-electron chi connectivity index (χ3n) is 11.6. The highest BCUT2D eigenvalue weighted by atomic mass is 16.5. The van der Waals surface area contributed by atoms with Gasteiger partial charge in [0.25, 0.3) is 0 Å². The molecule has 0 rings (SSSR count). The van der Waals surface area contributed by atoms with Gasteiger partial charge < -0.3 is 20.3 Å². The first-order chi connectivity index (χ1) is 27.5. The highest BCUT2D eigenvalue weighted by Gasteiger charge is 2.24. The van der Waals surface area contributed by atoms with Crippen molar-refractivity contribution in [1.29, 1.82) is 0 Å². The Hall–Kier alpha value is -1.40. The van der Waals surface area contributed by atoms with Crippen molar-refractivity contribution < 1.29 is 24.5 Å². The van der Waals surface area contributed by atoms with Gasteiger partial charge in [-0.25, -0.2) is 0 Å². The fourth-order valence-electron chi connectivity index (χ4n) is 7.77. The van der Waals surface area contributed by atoms with Gasteiger partial charge in [-0.3, -0.25) is 9.59 Å². The van der Waals surface area contributed by atoms with E-state index < -0.39 is 18.2 Å². The second-order valence-corrected chi connectivity index (χ2v) is 17.2. The number of carbonyl (C=O) groups excluding carboxylic acids is 2. The Bertz CT molecular complexity index is 847. The summed E-state index contributed by atoms with van der Waals surface area (Å²) in [7, 11) is 0. The molecule has 0 saturated heterocycles. The first-order valence-electron chi connectivity index (χ1n) is 24.9. The number of aliphatic hydroxyl groups excluding tert-OH is 2. The third kappa shape index (κ3) is 39.4. The summed E-state index contributed by atoms with van der Waals surface area (Å²) < 4.78 is 5.90. The summed E-state index contributed by atoms with van der Waals surface area (Å²) in [6.07, 6.45) is 48.5. The molecule has 0 aromatic rings. The maximum Gasteiger partial charge on any atom is 0.306 e. The fraction of sp³-hybridized carbons (Fsp3) is 0.920. The lowest BCUT2D eigenvalue weighted by molar-refractivity contribution is -0.151. The van der Waals surface area contributed by atoms with Crippen LogP contribution >= 0.6 is 0 Å². The Kier molecular flexibility index (Phi) is 43.6. The molecule has 0 fully saturated rings. The highest BCUT2D eigenvalue weighted by Crippen LogP contribution is 2.18. The maximum absolute atomic E-state index is 13.1. The summed E-state index contributed by atoms with van der Waals surface area (Å²) in [5.74, 6) is -0.477. The van der Waals surface area contributed by atoms with E-state index in [-0.39, 0.29) is 24.9 Å². The molecule has 56 heavy (non-hydrogen) atoms. The minimum atomic E-state index is -0.784. The molecule has 6 nitrogen and oxygen atoms in total. The van der Waals surface area contributed by atoms with Crippen molar-refractivity contribution >= 4 is 11.9 Å². The van der Waals surface area contributed by atoms with Crippen LogP contribution in [-0.2, 0) is 14.3 Å². The molecule has 3 atom stereocenters. The van der Waals surface area contributed by atoms with Gasteiger partial charge in [0, 0.05) is 6.42 Å². The van der Waals surface area contributed by atoms with Crippen molar-refractivity contribution in [1.82, 2.24) is 5.32 Å². The van der Waals surface area contributed by atoms with Gasteiger partial charge in [-0.15, -0.1) is 0 Å². The first kappa shape index (κ1) is 54.6. The van der Waals surface area contributed by atoms with Gasteiger partial charge in [-0.2, -0.15) is 0 Å².